The van der Waals surface area contributed by atoms with Gasteiger partial charge in [-0.1, -0.05) is 0 Å². The lowest BCUT2D eigenvalue weighted by Gasteiger charge is -2.48. The first-order chi connectivity index (χ1) is 12.1. The number of nitrogens with zero attached hydrogens (tertiary/aromatic N) is 3. The van der Waals surface area contributed by atoms with Crippen LogP contribution in [-0.4, -0.2) is 62.8 Å². The van der Waals surface area contributed by atoms with Crippen LogP contribution in [0.2, 0.25) is 0 Å². The van der Waals surface area contributed by atoms with Crippen LogP contribution in [0.25, 0.3) is 0 Å². The molecule has 0 radical (unpaired) electrons. The number of likely N-dealkylation sites (N-methyl/N-ethyl adjacent to an activating group) is 2. The second-order valence-corrected chi connectivity index (χ2v) is 10.0. The van der Waals surface area contributed by atoms with E-state index in [1.54, 1.807) is 37.1 Å². The Kier molecular flexibility index (Phi) is 4.92. The highest BCUT2D eigenvalue weighted by Crippen LogP contribution is 2.38. The molecule has 0 N–H and O–H groups in total. The van der Waals surface area contributed by atoms with Crippen molar-refractivity contribution in [1.29, 1.82) is 0 Å². The predicted octanol–water partition coefficient (Wildman–Crippen LogP) is 2.09. The molecule has 7 heteroatoms. The summed E-state index contributed by atoms with van der Waals surface area (Å²) < 4.78 is 27.7. The molecule has 144 valence electrons. The van der Waals surface area contributed by atoms with E-state index in [0.29, 0.717) is 17.9 Å². The van der Waals surface area contributed by atoms with Crippen LogP contribution < -0.4 is 4.90 Å². The van der Waals surface area contributed by atoms with Crippen molar-refractivity contribution in [3.8, 4) is 0 Å². The first-order valence-electron chi connectivity index (χ1n) is 9.15. The second-order valence-electron chi connectivity index (χ2n) is 7.97. The van der Waals surface area contributed by atoms with Gasteiger partial charge in [0.1, 0.15) is 0 Å². The van der Waals surface area contributed by atoms with Crippen LogP contribution in [0.15, 0.2) is 23.1 Å². The van der Waals surface area contributed by atoms with Crippen molar-refractivity contribution >= 4 is 21.6 Å². The Hall–Kier alpha value is -1.44. The molecule has 0 saturated heterocycles. The fourth-order valence-electron chi connectivity index (χ4n) is 4.26. The Morgan fingerprint density at radius 1 is 1.27 bits per heavy atom. The highest BCUT2D eigenvalue weighted by molar-refractivity contribution is 7.89. The summed E-state index contributed by atoms with van der Waals surface area (Å²) in [6, 6.07) is 5.20. The van der Waals surface area contributed by atoms with E-state index in [1.807, 2.05) is 21.0 Å². The van der Waals surface area contributed by atoms with Gasteiger partial charge in [0.25, 0.3) is 0 Å². The zero-order valence-corrected chi connectivity index (χ0v) is 17.1. The molecular weight excluding hydrogens is 350 g/mol. The van der Waals surface area contributed by atoms with Gasteiger partial charge < -0.3 is 9.80 Å². The van der Waals surface area contributed by atoms with Crippen molar-refractivity contribution < 1.29 is 13.2 Å². The molecule has 1 fully saturated rings. The van der Waals surface area contributed by atoms with Gasteiger partial charge in [-0.25, -0.2) is 8.42 Å². The zero-order chi connectivity index (χ0) is 19.3. The fraction of sp³-hybridized carbons (Fsp3) is 0.632. The van der Waals surface area contributed by atoms with Crippen molar-refractivity contribution in [1.82, 2.24) is 9.21 Å². The number of benzene rings is 1. The lowest BCUT2D eigenvalue weighted by molar-refractivity contribution is -0.116. The monoisotopic (exact) mass is 379 g/mol. The first kappa shape index (κ1) is 19.3. The number of sulfonamides is 1. The van der Waals surface area contributed by atoms with Gasteiger partial charge >= 0.3 is 0 Å². The van der Waals surface area contributed by atoms with Crippen molar-refractivity contribution in [2.24, 2.45) is 0 Å². The van der Waals surface area contributed by atoms with Gasteiger partial charge in [-0.05, 0) is 70.5 Å². The number of anilines is 1. The average Bonchev–Trinajstić information content (AvgIpc) is 2.84. The maximum absolute atomic E-state index is 13.1. The molecule has 6 nitrogen and oxygen atoms in total. The van der Waals surface area contributed by atoms with E-state index in [9.17, 15) is 13.2 Å². The van der Waals surface area contributed by atoms with Gasteiger partial charge in [0.05, 0.1) is 4.90 Å². The topological polar surface area (TPSA) is 60.9 Å². The van der Waals surface area contributed by atoms with Gasteiger partial charge in [0, 0.05) is 37.8 Å². The standard InChI is InChI=1S/C19H29N3O3S/c1-14-11-16-12-17(7-8-18(16)22(14)15(2)23)26(24,25)21(5)13-19(20(3)4)9-6-10-19/h7-8,12,14H,6,9-11,13H2,1-5H3/t14-/m1/s1. The van der Waals surface area contributed by atoms with Gasteiger partial charge in [0.2, 0.25) is 15.9 Å². The van der Waals surface area contributed by atoms with E-state index in [2.05, 4.69) is 4.90 Å². The minimum atomic E-state index is -3.56. The molecule has 1 aromatic carbocycles. The molecular formula is C19H29N3O3S. The zero-order valence-electron chi connectivity index (χ0n) is 16.3. The number of carbonyl (C=O) groups is 1. The van der Waals surface area contributed by atoms with Crippen molar-refractivity contribution in [3.05, 3.63) is 23.8 Å². The lowest BCUT2D eigenvalue weighted by atomic mass is 9.75. The van der Waals surface area contributed by atoms with Crippen molar-refractivity contribution in [3.63, 3.8) is 0 Å². The van der Waals surface area contributed by atoms with E-state index in [0.717, 1.165) is 30.5 Å². The molecule has 26 heavy (non-hydrogen) atoms. The van der Waals surface area contributed by atoms with E-state index in [1.165, 1.54) is 4.31 Å². The number of carbonyl (C=O) groups excluding carboxylic acids is 1. The van der Waals surface area contributed by atoms with E-state index in [-0.39, 0.29) is 17.5 Å². The van der Waals surface area contributed by atoms with Gasteiger partial charge in [-0.2, -0.15) is 4.31 Å². The van der Waals surface area contributed by atoms with Crippen LogP contribution in [0.1, 0.15) is 38.7 Å². The molecule has 0 unspecified atom stereocenters. The third-order valence-corrected chi connectivity index (χ3v) is 7.86. The van der Waals surface area contributed by atoms with E-state index in [4.69, 9.17) is 0 Å². The molecule has 1 amide bonds. The molecule has 0 bridgehead atoms. The molecule has 1 heterocycles. The highest BCUT2D eigenvalue weighted by Gasteiger charge is 2.42. The SMILES string of the molecule is CC(=O)N1c2ccc(S(=O)(=O)N(C)CC3(N(C)C)CCC3)cc2C[C@H]1C. The van der Waals surface area contributed by atoms with Crippen LogP contribution in [-0.2, 0) is 21.2 Å². The smallest absolute Gasteiger partial charge is 0.242 e. The molecule has 1 aliphatic carbocycles. The van der Waals surface area contributed by atoms with Crippen molar-refractivity contribution in [2.75, 3.05) is 32.6 Å². The maximum Gasteiger partial charge on any atom is 0.242 e. The predicted molar refractivity (Wildman–Crippen MR) is 103 cm³/mol. The third kappa shape index (κ3) is 3.06. The maximum atomic E-state index is 13.1. The summed E-state index contributed by atoms with van der Waals surface area (Å²) in [5.41, 5.74) is 1.70. The molecule has 1 aliphatic heterocycles. The summed E-state index contributed by atoms with van der Waals surface area (Å²) in [5, 5.41) is 0. The van der Waals surface area contributed by atoms with Crippen LogP contribution in [0.5, 0.6) is 0 Å². The van der Waals surface area contributed by atoms with E-state index < -0.39 is 10.0 Å². The number of amides is 1. The Bertz CT molecular complexity index is 815. The largest absolute Gasteiger partial charge is 0.309 e. The summed E-state index contributed by atoms with van der Waals surface area (Å²) in [6.45, 7) is 4.03. The normalized spacial score (nSPS) is 21.8. The second kappa shape index (κ2) is 6.62. The third-order valence-electron chi connectivity index (χ3n) is 6.06. The van der Waals surface area contributed by atoms with Crippen molar-refractivity contribution in [2.45, 2.75) is 56.0 Å². The summed E-state index contributed by atoms with van der Waals surface area (Å²) in [7, 11) is 2.15. The Labute approximate surface area is 156 Å². The van der Waals surface area contributed by atoms with Gasteiger partial charge in [-0.15, -0.1) is 0 Å². The highest BCUT2D eigenvalue weighted by atomic mass is 32.2. The van der Waals surface area contributed by atoms with E-state index >= 15 is 0 Å². The summed E-state index contributed by atoms with van der Waals surface area (Å²) in [6.07, 6.45) is 3.87. The van der Waals surface area contributed by atoms with Crippen LogP contribution >= 0.6 is 0 Å². The Morgan fingerprint density at radius 3 is 2.42 bits per heavy atom. The lowest BCUT2D eigenvalue weighted by Crippen LogP contribution is -2.57. The summed E-state index contributed by atoms with van der Waals surface area (Å²) >= 11 is 0. The molecule has 3 rings (SSSR count). The quantitative estimate of drug-likeness (QED) is 0.786. The van der Waals surface area contributed by atoms with Crippen LogP contribution in [0, 0.1) is 0 Å². The minimum absolute atomic E-state index is 0.0121. The fourth-order valence-corrected chi connectivity index (χ4v) is 5.56. The Balaban J connectivity index is 1.87. The summed E-state index contributed by atoms with van der Waals surface area (Å²) in [4.78, 5) is 16.1. The molecule has 1 aromatic rings. The van der Waals surface area contributed by atoms with Gasteiger partial charge in [-0.3, -0.25) is 4.79 Å². The molecule has 1 atom stereocenters. The van der Waals surface area contributed by atoms with Gasteiger partial charge in [0.15, 0.2) is 0 Å². The molecule has 0 aromatic heterocycles. The van der Waals surface area contributed by atoms with Crippen LogP contribution in [0.4, 0.5) is 5.69 Å². The number of fused-ring (bicyclic) bond motifs is 1. The number of rotatable bonds is 5. The molecule has 2 aliphatic rings. The average molecular weight is 380 g/mol. The Morgan fingerprint density at radius 2 is 1.92 bits per heavy atom. The number of hydrogen-bond donors (Lipinski definition) is 0. The number of hydrogen-bond acceptors (Lipinski definition) is 4. The molecule has 0 spiro atoms. The molecule has 1 saturated carbocycles. The van der Waals surface area contributed by atoms with Crippen LogP contribution in [0.3, 0.4) is 0 Å². The minimum Gasteiger partial charge on any atom is -0.309 e. The first-order valence-corrected chi connectivity index (χ1v) is 10.6. The summed E-state index contributed by atoms with van der Waals surface area (Å²) in [5.74, 6) is -0.0121.